The lowest BCUT2D eigenvalue weighted by atomic mass is 10.1. The number of aryl methyl sites for hydroxylation is 2. The molecule has 10 heteroatoms. The number of halogens is 3. The number of amides is 1. The first-order chi connectivity index (χ1) is 18.2. The summed E-state index contributed by atoms with van der Waals surface area (Å²) in [5.41, 5.74) is 1.87. The number of fused-ring (bicyclic) bond motifs is 1. The van der Waals surface area contributed by atoms with Crippen molar-refractivity contribution in [3.05, 3.63) is 78.2 Å². The summed E-state index contributed by atoms with van der Waals surface area (Å²) in [7, 11) is 1.77. The van der Waals surface area contributed by atoms with Crippen molar-refractivity contribution in [2.24, 2.45) is 24.8 Å². The number of piperidine rings is 1. The Morgan fingerprint density at radius 1 is 1.08 bits per heavy atom. The van der Waals surface area contributed by atoms with Gasteiger partial charge in [-0.2, -0.15) is 0 Å². The fourth-order valence-electron chi connectivity index (χ4n) is 5.46. The second kappa shape index (κ2) is 11.1. The second-order valence-corrected chi connectivity index (χ2v) is 10.2. The van der Waals surface area contributed by atoms with Crippen LogP contribution in [0.3, 0.4) is 0 Å². The first kappa shape index (κ1) is 26.1. The van der Waals surface area contributed by atoms with Crippen LogP contribution in [0.1, 0.15) is 17.5 Å². The molecule has 1 amide bonds. The number of rotatable bonds is 10. The molecule has 202 valence electrons. The predicted molar refractivity (Wildman–Crippen MR) is 134 cm³/mol. The first-order valence-corrected chi connectivity index (χ1v) is 12.8. The van der Waals surface area contributed by atoms with Gasteiger partial charge in [0.05, 0.1) is 12.5 Å². The van der Waals surface area contributed by atoms with Crippen LogP contribution in [0.15, 0.2) is 67.1 Å². The third-order valence-electron chi connectivity index (χ3n) is 7.30. The number of ether oxygens (including phenoxy) is 2. The van der Waals surface area contributed by atoms with Crippen LogP contribution in [0.4, 0.5) is 18.0 Å². The molecule has 7 nitrogen and oxygen atoms in total. The zero-order valence-corrected chi connectivity index (χ0v) is 21.2. The lowest BCUT2D eigenvalue weighted by molar-refractivity contribution is -0.274. The van der Waals surface area contributed by atoms with Gasteiger partial charge >= 0.3 is 12.5 Å². The average molecular weight is 529 g/mol. The quantitative estimate of drug-likeness (QED) is 0.365. The highest BCUT2D eigenvalue weighted by atomic mass is 19.4. The van der Waals surface area contributed by atoms with E-state index in [1.54, 1.807) is 28.8 Å². The van der Waals surface area contributed by atoms with Crippen molar-refractivity contribution < 1.29 is 27.4 Å². The van der Waals surface area contributed by atoms with Crippen LogP contribution in [0.2, 0.25) is 0 Å². The van der Waals surface area contributed by atoms with Crippen molar-refractivity contribution in [3.8, 4) is 11.6 Å². The minimum absolute atomic E-state index is 0.109. The van der Waals surface area contributed by atoms with E-state index in [4.69, 9.17) is 4.74 Å². The molecule has 0 bridgehead atoms. The standard InChI is InChI=1S/C28H31F3N4O3/c1-33-18-26(32-19-33)37-27(36)35(14-21-9-5-11-22(13-21)38-28(29,30)31)17-25-23-15-34(16-24(23)25)12-6-10-20-7-3-2-4-8-20/h2-5,7-9,11,13,18-19,23-25H,6,10,12,14-17H2,1H3. The average Bonchev–Trinajstić information content (AvgIpc) is 3.16. The lowest BCUT2D eigenvalue weighted by Gasteiger charge is -2.25. The molecule has 1 saturated carbocycles. The number of imidazole rings is 1. The predicted octanol–water partition coefficient (Wildman–Crippen LogP) is 5.13. The number of carbonyl (C=O) groups excluding carboxylic acids is 1. The van der Waals surface area contributed by atoms with Crippen molar-refractivity contribution in [2.45, 2.75) is 25.7 Å². The third kappa shape index (κ3) is 6.86. The van der Waals surface area contributed by atoms with Gasteiger partial charge in [0.25, 0.3) is 0 Å². The maximum absolute atomic E-state index is 13.1. The summed E-state index contributed by atoms with van der Waals surface area (Å²) in [5.74, 6) is 1.22. The van der Waals surface area contributed by atoms with E-state index in [0.717, 1.165) is 32.5 Å². The topological polar surface area (TPSA) is 59.8 Å². The summed E-state index contributed by atoms with van der Waals surface area (Å²) in [6.07, 6.45) is -0.0760. The van der Waals surface area contributed by atoms with E-state index in [2.05, 4.69) is 38.9 Å². The number of hydrogen-bond acceptors (Lipinski definition) is 5. The molecule has 38 heavy (non-hydrogen) atoms. The van der Waals surface area contributed by atoms with Gasteiger partial charge in [-0.1, -0.05) is 42.5 Å². The fourth-order valence-corrected chi connectivity index (χ4v) is 5.46. The Morgan fingerprint density at radius 2 is 1.82 bits per heavy atom. The Kier molecular flexibility index (Phi) is 7.60. The molecule has 0 spiro atoms. The molecule has 2 atom stereocenters. The Morgan fingerprint density at radius 3 is 2.50 bits per heavy atom. The van der Waals surface area contributed by atoms with E-state index in [-0.39, 0.29) is 18.2 Å². The largest absolute Gasteiger partial charge is 0.573 e. The van der Waals surface area contributed by atoms with E-state index in [1.165, 1.54) is 30.1 Å². The zero-order chi connectivity index (χ0) is 26.7. The van der Waals surface area contributed by atoms with Gasteiger partial charge in [0.2, 0.25) is 5.88 Å². The number of aromatic nitrogens is 2. The molecule has 3 aromatic rings. The monoisotopic (exact) mass is 528 g/mol. The van der Waals surface area contributed by atoms with Crippen LogP contribution in [0.5, 0.6) is 11.6 Å². The highest BCUT2D eigenvalue weighted by Gasteiger charge is 2.55. The second-order valence-electron chi connectivity index (χ2n) is 10.2. The van der Waals surface area contributed by atoms with Crippen molar-refractivity contribution >= 4 is 6.09 Å². The minimum atomic E-state index is -4.78. The number of hydrogen-bond donors (Lipinski definition) is 0. The van der Waals surface area contributed by atoms with Crippen LogP contribution in [-0.2, 0) is 20.0 Å². The van der Waals surface area contributed by atoms with Crippen LogP contribution in [-0.4, -0.2) is 58.0 Å². The Labute approximate surface area is 219 Å². The van der Waals surface area contributed by atoms with E-state index in [1.807, 2.05) is 6.07 Å². The molecule has 1 saturated heterocycles. The van der Waals surface area contributed by atoms with Gasteiger partial charge in [0.1, 0.15) is 5.75 Å². The highest BCUT2D eigenvalue weighted by molar-refractivity contribution is 5.70. The number of carbonyl (C=O) groups is 1. The van der Waals surface area contributed by atoms with Crippen LogP contribution in [0, 0.1) is 17.8 Å². The highest BCUT2D eigenvalue weighted by Crippen LogP contribution is 2.52. The summed E-state index contributed by atoms with van der Waals surface area (Å²) >= 11 is 0. The molecule has 1 aliphatic carbocycles. The number of alkyl halides is 3. The van der Waals surface area contributed by atoms with Gasteiger partial charge in [-0.25, -0.2) is 9.78 Å². The summed E-state index contributed by atoms with van der Waals surface area (Å²) in [4.78, 5) is 21.2. The zero-order valence-electron chi connectivity index (χ0n) is 21.2. The summed E-state index contributed by atoms with van der Waals surface area (Å²) in [5, 5.41) is 0. The molecule has 2 aliphatic rings. The minimum Gasteiger partial charge on any atom is -0.406 e. The Bertz CT molecular complexity index is 1220. The number of likely N-dealkylation sites (tertiary alicyclic amines) is 1. The van der Waals surface area contributed by atoms with Crippen molar-refractivity contribution in [2.75, 3.05) is 26.2 Å². The Balaban J connectivity index is 1.18. The van der Waals surface area contributed by atoms with Gasteiger partial charge in [-0.15, -0.1) is 13.2 Å². The van der Waals surface area contributed by atoms with Crippen LogP contribution >= 0.6 is 0 Å². The molecule has 1 aromatic heterocycles. The maximum Gasteiger partial charge on any atom is 0.573 e. The SMILES string of the molecule is Cn1cnc(OC(=O)N(Cc2cccc(OC(F)(F)F)c2)CC2C3CN(CCCc4ccccc4)CC32)c1. The number of nitrogens with zero attached hydrogens (tertiary/aromatic N) is 4. The van der Waals surface area contributed by atoms with E-state index >= 15 is 0 Å². The third-order valence-corrected chi connectivity index (χ3v) is 7.30. The normalized spacial score (nSPS) is 20.7. The molecular weight excluding hydrogens is 497 g/mol. The molecule has 0 radical (unpaired) electrons. The molecule has 0 N–H and O–H groups in total. The van der Waals surface area contributed by atoms with Gasteiger partial charge in [0, 0.05) is 33.2 Å². The molecule has 2 unspecified atom stereocenters. The van der Waals surface area contributed by atoms with Crippen molar-refractivity contribution in [3.63, 3.8) is 0 Å². The fraction of sp³-hybridized carbons (Fsp3) is 0.429. The van der Waals surface area contributed by atoms with Crippen LogP contribution < -0.4 is 9.47 Å². The summed E-state index contributed by atoms with van der Waals surface area (Å²) in [6, 6.07) is 16.2. The molecule has 2 aromatic carbocycles. The van der Waals surface area contributed by atoms with Gasteiger partial charge < -0.3 is 23.8 Å². The smallest absolute Gasteiger partial charge is 0.406 e. The molecular formula is C28H31F3N4O3. The Hall–Kier alpha value is -3.53. The molecule has 1 aliphatic heterocycles. The summed E-state index contributed by atoms with van der Waals surface area (Å²) in [6.45, 7) is 3.64. The van der Waals surface area contributed by atoms with E-state index < -0.39 is 12.5 Å². The maximum atomic E-state index is 13.1. The molecule has 5 rings (SSSR count). The molecule has 2 heterocycles. The lowest BCUT2D eigenvalue weighted by Crippen LogP contribution is -2.37. The van der Waals surface area contributed by atoms with Crippen molar-refractivity contribution in [1.82, 2.24) is 19.4 Å². The van der Waals surface area contributed by atoms with E-state index in [0.29, 0.717) is 29.9 Å². The van der Waals surface area contributed by atoms with Crippen LogP contribution in [0.25, 0.3) is 0 Å². The van der Waals surface area contributed by atoms with E-state index in [9.17, 15) is 18.0 Å². The van der Waals surface area contributed by atoms with Crippen molar-refractivity contribution in [1.29, 1.82) is 0 Å². The summed E-state index contributed by atoms with van der Waals surface area (Å²) < 4.78 is 49.3. The van der Waals surface area contributed by atoms with Gasteiger partial charge in [-0.3, -0.25) is 0 Å². The number of benzene rings is 2. The molecule has 2 fully saturated rings. The van der Waals surface area contributed by atoms with Gasteiger partial charge in [-0.05, 0) is 60.4 Å². The first-order valence-electron chi connectivity index (χ1n) is 12.8. The van der Waals surface area contributed by atoms with Gasteiger partial charge in [0.15, 0.2) is 0 Å².